The third kappa shape index (κ3) is 4.39. The van der Waals surface area contributed by atoms with Crippen molar-refractivity contribution in [3.05, 3.63) is 77.0 Å². The summed E-state index contributed by atoms with van der Waals surface area (Å²) >= 11 is 0. The predicted molar refractivity (Wildman–Crippen MR) is 108 cm³/mol. The third-order valence-corrected chi connectivity index (χ3v) is 5.32. The molecule has 1 aliphatic rings. The highest BCUT2D eigenvalue weighted by Crippen LogP contribution is 2.28. The fraction of sp³-hybridized carbons (Fsp3) is 0.318. The van der Waals surface area contributed by atoms with E-state index in [2.05, 4.69) is 15.5 Å². The first kappa shape index (κ1) is 19.0. The number of likely N-dealkylation sites (tertiary alicyclic amines) is 1. The molecule has 4 rings (SSSR count). The molecular formula is C22H24N4O3. The minimum Gasteiger partial charge on any atom is -0.467 e. The van der Waals surface area contributed by atoms with E-state index in [1.165, 1.54) is 0 Å². The molecule has 0 unspecified atom stereocenters. The van der Waals surface area contributed by atoms with E-state index in [-0.39, 0.29) is 17.7 Å². The Labute approximate surface area is 169 Å². The summed E-state index contributed by atoms with van der Waals surface area (Å²) in [5.41, 5.74) is 3.13. The van der Waals surface area contributed by atoms with Crippen LogP contribution < -0.4 is 5.32 Å². The molecule has 2 amide bonds. The quantitative estimate of drug-likeness (QED) is 0.697. The van der Waals surface area contributed by atoms with Gasteiger partial charge >= 0.3 is 0 Å². The van der Waals surface area contributed by atoms with Gasteiger partial charge in [-0.2, -0.15) is 5.10 Å². The van der Waals surface area contributed by atoms with Gasteiger partial charge < -0.3 is 14.6 Å². The number of aromatic amines is 1. The summed E-state index contributed by atoms with van der Waals surface area (Å²) in [4.78, 5) is 26.9. The molecule has 1 fully saturated rings. The number of hydrogen-bond donors (Lipinski definition) is 2. The maximum absolute atomic E-state index is 12.7. The number of hydrogen-bond acceptors (Lipinski definition) is 4. The van der Waals surface area contributed by atoms with Crippen LogP contribution >= 0.6 is 0 Å². The SMILES string of the molecule is Cc1cccc(C(=O)N2CCC(c3cc(C(=O)NCc4ccco4)n[nH]3)CC2)c1. The van der Waals surface area contributed by atoms with Crippen LogP contribution in [0.3, 0.4) is 0 Å². The summed E-state index contributed by atoms with van der Waals surface area (Å²) in [7, 11) is 0. The molecule has 0 atom stereocenters. The standard InChI is InChI=1S/C22H24N4O3/c1-15-4-2-5-17(12-15)22(28)26-9-7-16(8-10-26)19-13-20(25-24-19)21(27)23-14-18-6-3-11-29-18/h2-6,11-13,16H,7-10,14H2,1H3,(H,23,27)(H,24,25). The third-order valence-electron chi connectivity index (χ3n) is 5.32. The van der Waals surface area contributed by atoms with Gasteiger partial charge in [0.15, 0.2) is 0 Å². The second-order valence-corrected chi connectivity index (χ2v) is 7.41. The highest BCUT2D eigenvalue weighted by molar-refractivity contribution is 5.94. The molecule has 0 bridgehead atoms. The molecule has 0 aliphatic carbocycles. The molecule has 0 radical (unpaired) electrons. The Kier molecular flexibility index (Phi) is 5.46. The van der Waals surface area contributed by atoms with Crippen LogP contribution in [-0.2, 0) is 6.54 Å². The van der Waals surface area contributed by atoms with Crippen molar-refractivity contribution in [3.63, 3.8) is 0 Å². The van der Waals surface area contributed by atoms with Gasteiger partial charge in [-0.15, -0.1) is 0 Å². The van der Waals surface area contributed by atoms with Gasteiger partial charge in [0.2, 0.25) is 0 Å². The molecule has 29 heavy (non-hydrogen) atoms. The number of rotatable bonds is 5. The molecule has 2 aromatic heterocycles. The normalized spacial score (nSPS) is 14.7. The molecule has 150 valence electrons. The molecule has 1 aromatic carbocycles. The van der Waals surface area contributed by atoms with Crippen LogP contribution in [0, 0.1) is 6.92 Å². The summed E-state index contributed by atoms with van der Waals surface area (Å²) in [6.45, 7) is 3.70. The summed E-state index contributed by atoms with van der Waals surface area (Å²) in [5, 5.41) is 9.94. The number of aromatic nitrogens is 2. The highest BCUT2D eigenvalue weighted by atomic mass is 16.3. The van der Waals surface area contributed by atoms with E-state index in [1.54, 1.807) is 18.4 Å². The van der Waals surface area contributed by atoms with Gasteiger partial charge in [0.05, 0.1) is 12.8 Å². The predicted octanol–water partition coefficient (Wildman–Crippen LogP) is 3.26. The van der Waals surface area contributed by atoms with Gasteiger partial charge in [-0.3, -0.25) is 14.7 Å². The number of benzene rings is 1. The lowest BCUT2D eigenvalue weighted by atomic mass is 9.93. The zero-order valence-electron chi connectivity index (χ0n) is 16.4. The van der Waals surface area contributed by atoms with E-state index < -0.39 is 0 Å². The molecule has 3 heterocycles. The van der Waals surface area contributed by atoms with E-state index in [0.717, 1.165) is 29.7 Å². The zero-order chi connectivity index (χ0) is 20.2. The van der Waals surface area contributed by atoms with Crippen LogP contribution in [0.15, 0.2) is 53.1 Å². The molecule has 0 spiro atoms. The Morgan fingerprint density at radius 2 is 2.03 bits per heavy atom. The summed E-state index contributed by atoms with van der Waals surface area (Å²) < 4.78 is 5.21. The number of amides is 2. The lowest BCUT2D eigenvalue weighted by Crippen LogP contribution is -2.38. The summed E-state index contributed by atoms with van der Waals surface area (Å²) in [6.07, 6.45) is 3.25. The maximum Gasteiger partial charge on any atom is 0.272 e. The smallest absolute Gasteiger partial charge is 0.272 e. The summed E-state index contributed by atoms with van der Waals surface area (Å²) in [6, 6.07) is 13.1. The fourth-order valence-corrected chi connectivity index (χ4v) is 3.69. The Balaban J connectivity index is 1.32. The molecule has 0 saturated carbocycles. The van der Waals surface area contributed by atoms with Crippen molar-refractivity contribution in [1.82, 2.24) is 20.4 Å². The largest absolute Gasteiger partial charge is 0.467 e. The fourth-order valence-electron chi connectivity index (χ4n) is 3.69. The Morgan fingerprint density at radius 1 is 1.21 bits per heavy atom. The molecular weight excluding hydrogens is 368 g/mol. The van der Waals surface area contributed by atoms with Crippen molar-refractivity contribution in [2.75, 3.05) is 13.1 Å². The first-order chi connectivity index (χ1) is 14.1. The van der Waals surface area contributed by atoms with Crippen molar-refractivity contribution in [3.8, 4) is 0 Å². The van der Waals surface area contributed by atoms with Gasteiger partial charge in [-0.1, -0.05) is 17.7 Å². The molecule has 7 nitrogen and oxygen atoms in total. The van der Waals surface area contributed by atoms with Crippen LogP contribution in [0.1, 0.15) is 56.6 Å². The number of carbonyl (C=O) groups excluding carboxylic acids is 2. The summed E-state index contributed by atoms with van der Waals surface area (Å²) in [5.74, 6) is 0.793. The number of piperidine rings is 1. The molecule has 2 N–H and O–H groups in total. The van der Waals surface area contributed by atoms with Crippen LogP contribution in [0.5, 0.6) is 0 Å². The lowest BCUT2D eigenvalue weighted by Gasteiger charge is -2.31. The van der Waals surface area contributed by atoms with Crippen molar-refractivity contribution in [1.29, 1.82) is 0 Å². The van der Waals surface area contributed by atoms with Crippen LogP contribution in [0.2, 0.25) is 0 Å². The lowest BCUT2D eigenvalue weighted by molar-refractivity contribution is 0.0712. The number of nitrogens with zero attached hydrogens (tertiary/aromatic N) is 2. The van der Waals surface area contributed by atoms with Gasteiger partial charge in [0, 0.05) is 30.3 Å². The Morgan fingerprint density at radius 3 is 2.76 bits per heavy atom. The van der Waals surface area contributed by atoms with E-state index in [4.69, 9.17) is 4.42 Å². The first-order valence-corrected chi connectivity index (χ1v) is 9.82. The van der Waals surface area contributed by atoms with Gasteiger partial charge in [0.1, 0.15) is 11.5 Å². The highest BCUT2D eigenvalue weighted by Gasteiger charge is 2.26. The van der Waals surface area contributed by atoms with E-state index >= 15 is 0 Å². The van der Waals surface area contributed by atoms with Crippen LogP contribution in [0.25, 0.3) is 0 Å². The monoisotopic (exact) mass is 392 g/mol. The van der Waals surface area contributed by atoms with E-state index in [1.807, 2.05) is 42.2 Å². The Hall–Kier alpha value is -3.35. The number of H-pyrrole nitrogens is 1. The second kappa shape index (κ2) is 8.34. The van der Waals surface area contributed by atoms with Crippen molar-refractivity contribution in [2.45, 2.75) is 32.2 Å². The number of furan rings is 1. The molecule has 1 aliphatic heterocycles. The minimum absolute atomic E-state index is 0.0785. The van der Waals surface area contributed by atoms with E-state index in [0.29, 0.717) is 31.1 Å². The average Bonchev–Trinajstić information content (AvgIpc) is 3.44. The second-order valence-electron chi connectivity index (χ2n) is 7.41. The van der Waals surface area contributed by atoms with Gasteiger partial charge in [-0.05, 0) is 50.1 Å². The van der Waals surface area contributed by atoms with E-state index in [9.17, 15) is 9.59 Å². The number of aryl methyl sites for hydroxylation is 1. The zero-order valence-corrected chi connectivity index (χ0v) is 16.4. The maximum atomic E-state index is 12.7. The molecule has 3 aromatic rings. The van der Waals surface area contributed by atoms with Crippen molar-refractivity contribution in [2.24, 2.45) is 0 Å². The number of carbonyl (C=O) groups is 2. The van der Waals surface area contributed by atoms with Gasteiger partial charge in [-0.25, -0.2) is 0 Å². The Bertz CT molecular complexity index is 985. The average molecular weight is 392 g/mol. The molecule has 7 heteroatoms. The minimum atomic E-state index is -0.240. The topological polar surface area (TPSA) is 91.2 Å². The first-order valence-electron chi connectivity index (χ1n) is 9.82. The molecule has 1 saturated heterocycles. The van der Waals surface area contributed by atoms with Crippen molar-refractivity contribution < 1.29 is 14.0 Å². The van der Waals surface area contributed by atoms with Crippen LogP contribution in [0.4, 0.5) is 0 Å². The van der Waals surface area contributed by atoms with Gasteiger partial charge in [0.25, 0.3) is 11.8 Å². The van der Waals surface area contributed by atoms with Crippen LogP contribution in [-0.4, -0.2) is 40.0 Å². The number of nitrogens with one attached hydrogen (secondary N) is 2. The van der Waals surface area contributed by atoms with Crippen molar-refractivity contribution >= 4 is 11.8 Å².